The standard InChI is InChI=1S/C15H22N2O2/c1-15(11-18,12-6-3-2-4-7-12)17-14(19)10-13-8-5-9-16-13/h2-4,6-7,13,16,18H,5,8-11H2,1H3,(H,17,19). The van der Waals surface area contributed by atoms with E-state index in [1.54, 1.807) is 0 Å². The number of hydrogen-bond acceptors (Lipinski definition) is 3. The van der Waals surface area contributed by atoms with Crippen LogP contribution in [0.4, 0.5) is 0 Å². The minimum Gasteiger partial charge on any atom is -0.394 e. The van der Waals surface area contributed by atoms with Crippen molar-refractivity contribution in [2.24, 2.45) is 0 Å². The predicted molar refractivity (Wildman–Crippen MR) is 74.7 cm³/mol. The fraction of sp³-hybridized carbons (Fsp3) is 0.533. The summed E-state index contributed by atoms with van der Waals surface area (Å²) in [5.41, 5.74) is 0.210. The summed E-state index contributed by atoms with van der Waals surface area (Å²) in [6, 6.07) is 9.86. The molecule has 1 heterocycles. The van der Waals surface area contributed by atoms with Crippen LogP contribution < -0.4 is 10.6 Å². The van der Waals surface area contributed by atoms with Gasteiger partial charge in [0.05, 0.1) is 12.1 Å². The largest absolute Gasteiger partial charge is 0.394 e. The van der Waals surface area contributed by atoms with E-state index in [-0.39, 0.29) is 18.6 Å². The number of carbonyl (C=O) groups is 1. The molecule has 104 valence electrons. The van der Waals surface area contributed by atoms with Crippen LogP contribution in [0.25, 0.3) is 0 Å². The summed E-state index contributed by atoms with van der Waals surface area (Å²) in [4.78, 5) is 12.1. The molecule has 2 rings (SSSR count). The first kappa shape index (κ1) is 14.0. The van der Waals surface area contributed by atoms with E-state index in [9.17, 15) is 9.90 Å². The number of nitrogens with one attached hydrogen (secondary N) is 2. The monoisotopic (exact) mass is 262 g/mol. The SMILES string of the molecule is CC(CO)(NC(=O)CC1CCCN1)c1ccccc1. The van der Waals surface area contributed by atoms with Crippen LogP contribution >= 0.6 is 0 Å². The Morgan fingerprint density at radius 2 is 2.21 bits per heavy atom. The number of aliphatic hydroxyl groups excluding tert-OH is 1. The number of carbonyl (C=O) groups excluding carboxylic acids is 1. The Morgan fingerprint density at radius 1 is 1.47 bits per heavy atom. The van der Waals surface area contributed by atoms with E-state index in [0.717, 1.165) is 24.9 Å². The smallest absolute Gasteiger partial charge is 0.222 e. The first-order valence-corrected chi connectivity index (χ1v) is 6.85. The first-order chi connectivity index (χ1) is 9.14. The van der Waals surface area contributed by atoms with Crippen LogP contribution in [0.2, 0.25) is 0 Å². The van der Waals surface area contributed by atoms with Gasteiger partial charge in [-0.1, -0.05) is 30.3 Å². The van der Waals surface area contributed by atoms with Crippen LogP contribution in [0.3, 0.4) is 0 Å². The fourth-order valence-electron chi connectivity index (χ4n) is 2.52. The lowest BCUT2D eigenvalue weighted by Crippen LogP contribution is -2.47. The van der Waals surface area contributed by atoms with Gasteiger partial charge < -0.3 is 15.7 Å². The second-order valence-corrected chi connectivity index (χ2v) is 5.40. The van der Waals surface area contributed by atoms with Crippen LogP contribution in [0.5, 0.6) is 0 Å². The molecule has 1 aromatic carbocycles. The Bertz CT molecular complexity index is 415. The van der Waals surface area contributed by atoms with E-state index >= 15 is 0 Å². The normalized spacial score (nSPS) is 21.9. The quantitative estimate of drug-likeness (QED) is 0.746. The molecule has 2 unspecified atom stereocenters. The Balaban J connectivity index is 1.99. The molecule has 19 heavy (non-hydrogen) atoms. The molecule has 3 N–H and O–H groups in total. The van der Waals surface area contributed by atoms with Gasteiger partial charge in [-0.05, 0) is 31.9 Å². The maximum absolute atomic E-state index is 12.1. The van der Waals surface area contributed by atoms with Crippen LogP contribution in [0, 0.1) is 0 Å². The molecule has 1 aromatic rings. The Morgan fingerprint density at radius 3 is 2.79 bits per heavy atom. The molecule has 4 nitrogen and oxygen atoms in total. The van der Waals surface area contributed by atoms with Crippen LogP contribution in [0.15, 0.2) is 30.3 Å². The van der Waals surface area contributed by atoms with E-state index in [1.807, 2.05) is 37.3 Å². The molecule has 0 aromatic heterocycles. The summed E-state index contributed by atoms with van der Waals surface area (Å²) in [5.74, 6) is -0.0141. The summed E-state index contributed by atoms with van der Waals surface area (Å²) in [6.45, 7) is 2.73. The van der Waals surface area contributed by atoms with E-state index in [1.165, 1.54) is 0 Å². The summed E-state index contributed by atoms with van der Waals surface area (Å²) in [6.07, 6.45) is 2.66. The van der Waals surface area contributed by atoms with Gasteiger partial charge in [-0.3, -0.25) is 4.79 Å². The minimum absolute atomic E-state index is 0.0141. The Labute approximate surface area is 114 Å². The summed E-state index contributed by atoms with van der Waals surface area (Å²) >= 11 is 0. The van der Waals surface area contributed by atoms with E-state index in [0.29, 0.717) is 6.42 Å². The van der Waals surface area contributed by atoms with Gasteiger partial charge in [-0.2, -0.15) is 0 Å². The lowest BCUT2D eigenvalue weighted by molar-refractivity contribution is -0.124. The highest BCUT2D eigenvalue weighted by Crippen LogP contribution is 2.20. The topological polar surface area (TPSA) is 61.4 Å². The minimum atomic E-state index is -0.711. The van der Waals surface area contributed by atoms with Crippen LogP contribution in [-0.4, -0.2) is 30.2 Å². The van der Waals surface area contributed by atoms with Crippen molar-refractivity contribution in [3.05, 3.63) is 35.9 Å². The summed E-state index contributed by atoms with van der Waals surface area (Å²) < 4.78 is 0. The molecule has 0 spiro atoms. The second-order valence-electron chi connectivity index (χ2n) is 5.40. The van der Waals surface area contributed by atoms with Gasteiger partial charge >= 0.3 is 0 Å². The molecule has 1 amide bonds. The molecular formula is C15H22N2O2. The van der Waals surface area contributed by atoms with Gasteiger partial charge in [0.2, 0.25) is 5.91 Å². The maximum Gasteiger partial charge on any atom is 0.222 e. The molecule has 4 heteroatoms. The predicted octanol–water partition coefficient (Wildman–Crippen LogP) is 1.15. The zero-order valence-corrected chi connectivity index (χ0v) is 11.4. The van der Waals surface area contributed by atoms with Gasteiger partial charge in [0.25, 0.3) is 0 Å². The molecule has 1 fully saturated rings. The third kappa shape index (κ3) is 3.55. The number of aliphatic hydroxyl groups is 1. The number of rotatable bonds is 5. The van der Waals surface area contributed by atoms with E-state index in [4.69, 9.17) is 0 Å². The van der Waals surface area contributed by atoms with Gasteiger partial charge in [0.15, 0.2) is 0 Å². The van der Waals surface area contributed by atoms with Gasteiger partial charge in [-0.25, -0.2) is 0 Å². The first-order valence-electron chi connectivity index (χ1n) is 6.85. The molecular weight excluding hydrogens is 240 g/mol. The lowest BCUT2D eigenvalue weighted by Gasteiger charge is -2.30. The Hall–Kier alpha value is -1.39. The van der Waals surface area contributed by atoms with Gasteiger partial charge in [0, 0.05) is 12.5 Å². The summed E-state index contributed by atoms with van der Waals surface area (Å²) in [7, 11) is 0. The molecule has 0 radical (unpaired) electrons. The number of benzene rings is 1. The molecule has 0 saturated carbocycles. The third-order valence-corrected chi connectivity index (χ3v) is 3.74. The zero-order valence-electron chi connectivity index (χ0n) is 11.4. The van der Waals surface area contributed by atoms with Crippen LogP contribution in [0.1, 0.15) is 31.7 Å². The van der Waals surface area contributed by atoms with E-state index < -0.39 is 5.54 Å². The Kier molecular flexibility index (Phi) is 4.56. The van der Waals surface area contributed by atoms with Crippen molar-refractivity contribution < 1.29 is 9.90 Å². The van der Waals surface area contributed by atoms with Crippen molar-refractivity contribution in [2.75, 3.05) is 13.2 Å². The van der Waals surface area contributed by atoms with E-state index in [2.05, 4.69) is 10.6 Å². The third-order valence-electron chi connectivity index (χ3n) is 3.74. The number of hydrogen-bond donors (Lipinski definition) is 3. The summed E-state index contributed by atoms with van der Waals surface area (Å²) in [5, 5.41) is 15.9. The second kappa shape index (κ2) is 6.17. The molecule has 1 saturated heterocycles. The maximum atomic E-state index is 12.1. The number of amides is 1. The molecule has 1 aliphatic heterocycles. The average molecular weight is 262 g/mol. The van der Waals surface area contributed by atoms with Crippen molar-refractivity contribution in [1.29, 1.82) is 0 Å². The van der Waals surface area contributed by atoms with Gasteiger partial charge in [-0.15, -0.1) is 0 Å². The highest BCUT2D eigenvalue weighted by atomic mass is 16.3. The molecule has 0 aliphatic carbocycles. The van der Waals surface area contributed by atoms with Crippen molar-refractivity contribution >= 4 is 5.91 Å². The van der Waals surface area contributed by atoms with Gasteiger partial charge in [0.1, 0.15) is 0 Å². The lowest BCUT2D eigenvalue weighted by atomic mass is 9.92. The van der Waals surface area contributed by atoms with Crippen molar-refractivity contribution in [1.82, 2.24) is 10.6 Å². The van der Waals surface area contributed by atoms with Crippen molar-refractivity contribution in [3.63, 3.8) is 0 Å². The highest BCUT2D eigenvalue weighted by molar-refractivity contribution is 5.77. The molecule has 1 aliphatic rings. The fourth-order valence-corrected chi connectivity index (χ4v) is 2.52. The average Bonchev–Trinajstić information content (AvgIpc) is 2.92. The molecule has 0 bridgehead atoms. The van der Waals surface area contributed by atoms with Crippen molar-refractivity contribution in [3.8, 4) is 0 Å². The van der Waals surface area contributed by atoms with Crippen molar-refractivity contribution in [2.45, 2.75) is 37.8 Å². The van der Waals surface area contributed by atoms with Crippen LogP contribution in [-0.2, 0) is 10.3 Å². The zero-order chi connectivity index (χ0) is 13.7. The molecule has 2 atom stereocenters. The highest BCUT2D eigenvalue weighted by Gasteiger charge is 2.28.